The van der Waals surface area contributed by atoms with Crippen molar-refractivity contribution in [2.75, 3.05) is 0 Å². The van der Waals surface area contributed by atoms with Gasteiger partial charge in [0.15, 0.2) is 17.3 Å². The first-order valence-electron chi connectivity index (χ1n) is 10.6. The van der Waals surface area contributed by atoms with E-state index in [2.05, 4.69) is 0 Å². The van der Waals surface area contributed by atoms with Crippen LogP contribution in [0.4, 0.5) is 0 Å². The van der Waals surface area contributed by atoms with Crippen LogP contribution in [0, 0.1) is 0 Å². The molecule has 1 fully saturated rings. The lowest BCUT2D eigenvalue weighted by atomic mass is 9.61. The highest BCUT2D eigenvalue weighted by Crippen LogP contribution is 2.45. The second kappa shape index (κ2) is 8.48. The van der Waals surface area contributed by atoms with Crippen LogP contribution in [0.15, 0.2) is 91.0 Å². The lowest BCUT2D eigenvalue weighted by Gasteiger charge is -2.47. The van der Waals surface area contributed by atoms with Crippen LogP contribution in [0.3, 0.4) is 0 Å². The van der Waals surface area contributed by atoms with Crippen molar-refractivity contribution in [3.8, 4) is 0 Å². The Morgan fingerprint density at radius 3 is 0.879 bits per heavy atom. The molecule has 168 valence electrons. The topological polar surface area (TPSA) is 112 Å². The van der Waals surface area contributed by atoms with Gasteiger partial charge in [-0.25, -0.2) is 0 Å². The lowest BCUT2D eigenvalue weighted by molar-refractivity contribution is -0.129. The van der Waals surface area contributed by atoms with E-state index in [1.807, 2.05) is 0 Å². The molecule has 0 atom stereocenters. The second-order valence-corrected chi connectivity index (χ2v) is 8.71. The molecular formula is C27H24O6. The normalized spacial score (nSPS) is 27.0. The van der Waals surface area contributed by atoms with Crippen LogP contribution in [-0.2, 0) is 0 Å². The molecule has 4 rings (SSSR count). The fourth-order valence-corrected chi connectivity index (χ4v) is 4.70. The standard InChI is InChI=1S/C27H24O6/c28-22(19-10-4-1-5-11-19)25(31)16-26(32,23(29)20-12-6-2-7-13-20)18-27(33,17-25)24(30)21-14-8-3-9-15-21/h1-15,31-33H,16-18H2. The summed E-state index contributed by atoms with van der Waals surface area (Å²) in [5.41, 5.74) is -6.61. The van der Waals surface area contributed by atoms with E-state index < -0.39 is 53.4 Å². The summed E-state index contributed by atoms with van der Waals surface area (Å²) in [6.45, 7) is 0. The number of aliphatic hydroxyl groups is 3. The largest absolute Gasteiger partial charge is 0.381 e. The number of ketones is 3. The van der Waals surface area contributed by atoms with Gasteiger partial charge in [-0.3, -0.25) is 14.4 Å². The van der Waals surface area contributed by atoms with Gasteiger partial charge in [-0.05, 0) is 0 Å². The number of rotatable bonds is 6. The average Bonchev–Trinajstić information content (AvgIpc) is 2.83. The van der Waals surface area contributed by atoms with Crippen molar-refractivity contribution in [1.82, 2.24) is 0 Å². The molecule has 1 saturated carbocycles. The van der Waals surface area contributed by atoms with Gasteiger partial charge in [-0.15, -0.1) is 0 Å². The van der Waals surface area contributed by atoms with E-state index in [1.54, 1.807) is 54.6 Å². The molecule has 0 heterocycles. The maximum atomic E-state index is 13.3. The van der Waals surface area contributed by atoms with Gasteiger partial charge in [0.25, 0.3) is 0 Å². The zero-order valence-electron chi connectivity index (χ0n) is 17.8. The Morgan fingerprint density at radius 2 is 0.667 bits per heavy atom. The third kappa shape index (κ3) is 4.28. The van der Waals surface area contributed by atoms with Crippen molar-refractivity contribution in [2.24, 2.45) is 0 Å². The minimum absolute atomic E-state index is 0.144. The van der Waals surface area contributed by atoms with E-state index in [0.29, 0.717) is 0 Å². The number of hydrogen-bond acceptors (Lipinski definition) is 6. The summed E-state index contributed by atoms with van der Waals surface area (Å²) in [7, 11) is 0. The highest BCUT2D eigenvalue weighted by molar-refractivity contribution is 6.09. The highest BCUT2D eigenvalue weighted by atomic mass is 16.3. The fraction of sp³-hybridized carbons (Fsp3) is 0.222. The third-order valence-electron chi connectivity index (χ3n) is 6.13. The minimum Gasteiger partial charge on any atom is -0.381 e. The Bertz CT molecular complexity index is 1010. The van der Waals surface area contributed by atoms with Crippen LogP contribution >= 0.6 is 0 Å². The van der Waals surface area contributed by atoms with Crippen molar-refractivity contribution in [3.63, 3.8) is 0 Å². The van der Waals surface area contributed by atoms with Crippen LogP contribution in [0.5, 0.6) is 0 Å². The Kier molecular flexibility index (Phi) is 5.84. The number of hydrogen-bond donors (Lipinski definition) is 3. The molecule has 0 aliphatic heterocycles. The first kappa shape index (κ1) is 22.7. The SMILES string of the molecule is O=C(c1ccccc1)C1(O)CC(O)(C(=O)c2ccccc2)CC(O)(C(=O)c2ccccc2)C1. The van der Waals surface area contributed by atoms with Crippen LogP contribution in [0.2, 0.25) is 0 Å². The van der Waals surface area contributed by atoms with Crippen molar-refractivity contribution < 1.29 is 29.7 Å². The zero-order valence-corrected chi connectivity index (χ0v) is 17.8. The predicted octanol–water partition coefficient (Wildman–Crippen LogP) is 3.01. The molecule has 0 unspecified atom stereocenters. The Balaban J connectivity index is 1.81. The lowest BCUT2D eigenvalue weighted by Crippen LogP contribution is -2.64. The highest BCUT2D eigenvalue weighted by Gasteiger charge is 2.61. The summed E-state index contributed by atoms with van der Waals surface area (Å²) in [5, 5.41) is 34.4. The molecule has 3 N–H and O–H groups in total. The molecule has 6 heteroatoms. The van der Waals surface area contributed by atoms with Crippen LogP contribution < -0.4 is 0 Å². The molecular weight excluding hydrogens is 420 g/mol. The maximum Gasteiger partial charge on any atom is 0.194 e. The number of Topliss-reactive ketones (excluding diaryl/α,β-unsaturated/α-hetero) is 3. The van der Waals surface area contributed by atoms with E-state index in [0.717, 1.165) is 0 Å². The number of benzene rings is 3. The predicted molar refractivity (Wildman–Crippen MR) is 121 cm³/mol. The smallest absolute Gasteiger partial charge is 0.194 e. The molecule has 33 heavy (non-hydrogen) atoms. The quantitative estimate of drug-likeness (QED) is 0.504. The monoisotopic (exact) mass is 444 g/mol. The van der Waals surface area contributed by atoms with E-state index in [4.69, 9.17) is 0 Å². The first-order chi connectivity index (χ1) is 15.7. The molecule has 0 radical (unpaired) electrons. The van der Waals surface area contributed by atoms with Gasteiger partial charge in [0.2, 0.25) is 0 Å². The number of carbonyl (C=O) groups is 3. The summed E-state index contributed by atoms with van der Waals surface area (Å²) < 4.78 is 0. The maximum absolute atomic E-state index is 13.3. The molecule has 0 saturated heterocycles. The Labute approximate surface area is 191 Å². The summed E-state index contributed by atoms with van der Waals surface area (Å²) in [6, 6.07) is 23.7. The van der Waals surface area contributed by atoms with Crippen LogP contribution in [-0.4, -0.2) is 49.5 Å². The minimum atomic E-state index is -2.35. The molecule has 6 nitrogen and oxygen atoms in total. The van der Waals surface area contributed by atoms with Gasteiger partial charge in [0.1, 0.15) is 16.8 Å². The van der Waals surface area contributed by atoms with Crippen molar-refractivity contribution in [1.29, 1.82) is 0 Å². The molecule has 3 aromatic carbocycles. The first-order valence-corrected chi connectivity index (χ1v) is 10.6. The van der Waals surface area contributed by atoms with Crippen LogP contribution in [0.1, 0.15) is 50.3 Å². The van der Waals surface area contributed by atoms with Crippen LogP contribution in [0.25, 0.3) is 0 Å². The van der Waals surface area contributed by atoms with Gasteiger partial charge in [-0.1, -0.05) is 91.0 Å². The number of carbonyl (C=O) groups excluding carboxylic acids is 3. The Hall–Kier alpha value is -3.45. The molecule has 1 aliphatic carbocycles. The van der Waals surface area contributed by atoms with E-state index in [9.17, 15) is 29.7 Å². The van der Waals surface area contributed by atoms with E-state index in [-0.39, 0.29) is 16.7 Å². The summed E-state index contributed by atoms with van der Waals surface area (Å²) in [6.07, 6.45) is -1.94. The molecule has 0 bridgehead atoms. The third-order valence-corrected chi connectivity index (χ3v) is 6.13. The molecule has 0 aromatic heterocycles. The molecule has 0 spiro atoms. The van der Waals surface area contributed by atoms with Crippen molar-refractivity contribution >= 4 is 17.3 Å². The molecule has 0 amide bonds. The average molecular weight is 444 g/mol. The van der Waals surface area contributed by atoms with Gasteiger partial charge in [-0.2, -0.15) is 0 Å². The fourth-order valence-electron chi connectivity index (χ4n) is 4.70. The van der Waals surface area contributed by atoms with E-state index >= 15 is 0 Å². The van der Waals surface area contributed by atoms with Gasteiger partial charge in [0, 0.05) is 36.0 Å². The molecule has 3 aromatic rings. The summed E-state index contributed by atoms with van der Waals surface area (Å²) in [5.74, 6) is -2.33. The Morgan fingerprint density at radius 1 is 0.455 bits per heavy atom. The van der Waals surface area contributed by atoms with Gasteiger partial charge < -0.3 is 15.3 Å². The summed E-state index contributed by atoms with van der Waals surface area (Å²) >= 11 is 0. The second-order valence-electron chi connectivity index (χ2n) is 8.71. The van der Waals surface area contributed by atoms with Crippen molar-refractivity contribution in [2.45, 2.75) is 36.1 Å². The van der Waals surface area contributed by atoms with Gasteiger partial charge >= 0.3 is 0 Å². The van der Waals surface area contributed by atoms with Crippen molar-refractivity contribution in [3.05, 3.63) is 108 Å². The van der Waals surface area contributed by atoms with Gasteiger partial charge in [0.05, 0.1) is 0 Å². The molecule has 1 aliphatic rings. The zero-order chi connectivity index (χ0) is 23.7. The van der Waals surface area contributed by atoms with E-state index in [1.165, 1.54) is 36.4 Å². The summed E-state index contributed by atoms with van der Waals surface area (Å²) in [4.78, 5) is 40.0.